The van der Waals surface area contributed by atoms with Gasteiger partial charge in [-0.2, -0.15) is 19.0 Å². The van der Waals surface area contributed by atoms with Gasteiger partial charge in [-0.1, -0.05) is 6.92 Å². The molecule has 7 nitrogen and oxygen atoms in total. The highest BCUT2D eigenvalue weighted by Crippen LogP contribution is 2.20. The van der Waals surface area contributed by atoms with Crippen LogP contribution in [0.1, 0.15) is 54.5 Å². The monoisotopic (exact) mass is 326 g/mol. The van der Waals surface area contributed by atoms with Crippen LogP contribution in [0.2, 0.25) is 0 Å². The van der Waals surface area contributed by atoms with Gasteiger partial charge in [-0.15, -0.1) is 0 Å². The first-order valence-corrected chi connectivity index (χ1v) is 7.34. The Bertz CT molecular complexity index is 693. The summed E-state index contributed by atoms with van der Waals surface area (Å²) in [6.07, 6.45) is 0.613. The standard InChI is InChI=1S/C14H20F2N6O/c1-5-11(13-17-9(4)19-20-13)18-12(23)6-10-7(2)21-22(8(10)3)14(15)16/h11,14H,5-6H2,1-4H3,(H,18,23)(H,17,19,20)/t11-/m1/s1. The van der Waals surface area contributed by atoms with E-state index in [1.54, 1.807) is 13.8 Å². The molecule has 0 aromatic carbocycles. The largest absolute Gasteiger partial charge is 0.346 e. The molecule has 0 fully saturated rings. The summed E-state index contributed by atoms with van der Waals surface area (Å²) in [5.74, 6) is 0.895. The Morgan fingerprint density at radius 1 is 1.35 bits per heavy atom. The van der Waals surface area contributed by atoms with E-state index in [-0.39, 0.29) is 18.4 Å². The summed E-state index contributed by atoms with van der Waals surface area (Å²) >= 11 is 0. The van der Waals surface area contributed by atoms with Crippen molar-refractivity contribution in [3.05, 3.63) is 28.6 Å². The topological polar surface area (TPSA) is 88.5 Å². The fraction of sp³-hybridized carbons (Fsp3) is 0.571. The summed E-state index contributed by atoms with van der Waals surface area (Å²) in [6.45, 7) is 4.11. The second-order valence-corrected chi connectivity index (χ2v) is 5.36. The van der Waals surface area contributed by atoms with Crippen LogP contribution in [-0.2, 0) is 11.2 Å². The smallest absolute Gasteiger partial charge is 0.333 e. The summed E-state index contributed by atoms with van der Waals surface area (Å²) in [6, 6.07) is -0.321. The second-order valence-electron chi connectivity index (χ2n) is 5.36. The van der Waals surface area contributed by atoms with Crippen LogP contribution >= 0.6 is 0 Å². The number of nitrogens with zero attached hydrogens (tertiary/aromatic N) is 4. The Morgan fingerprint density at radius 2 is 2.04 bits per heavy atom. The molecule has 9 heteroatoms. The summed E-state index contributed by atoms with van der Waals surface area (Å²) < 4.78 is 26.3. The first-order valence-electron chi connectivity index (χ1n) is 7.34. The Balaban J connectivity index is 2.10. The number of aromatic amines is 1. The molecule has 0 aliphatic carbocycles. The Morgan fingerprint density at radius 3 is 2.52 bits per heavy atom. The maximum absolute atomic E-state index is 12.8. The predicted octanol–water partition coefficient (Wildman–Crippen LogP) is 2.13. The number of rotatable bonds is 6. The average Bonchev–Trinajstić information content (AvgIpc) is 3.03. The van der Waals surface area contributed by atoms with Crippen molar-refractivity contribution in [3.63, 3.8) is 0 Å². The van der Waals surface area contributed by atoms with Crippen LogP contribution in [0.5, 0.6) is 0 Å². The normalized spacial score (nSPS) is 12.7. The molecule has 2 aromatic heterocycles. The third kappa shape index (κ3) is 3.72. The highest BCUT2D eigenvalue weighted by Gasteiger charge is 2.21. The van der Waals surface area contributed by atoms with Crippen LogP contribution in [0.4, 0.5) is 8.78 Å². The molecule has 0 radical (unpaired) electrons. The van der Waals surface area contributed by atoms with E-state index in [1.165, 1.54) is 6.92 Å². The van der Waals surface area contributed by atoms with Crippen molar-refractivity contribution in [2.24, 2.45) is 0 Å². The predicted molar refractivity (Wildman–Crippen MR) is 79.0 cm³/mol. The number of aromatic nitrogens is 5. The van der Waals surface area contributed by atoms with E-state index in [4.69, 9.17) is 0 Å². The zero-order valence-corrected chi connectivity index (χ0v) is 13.5. The number of carbonyl (C=O) groups is 1. The van der Waals surface area contributed by atoms with Gasteiger partial charge in [0.2, 0.25) is 5.91 Å². The first-order chi connectivity index (χ1) is 10.8. The Kier molecular flexibility index (Phi) is 5.07. The Hall–Kier alpha value is -2.32. The summed E-state index contributed by atoms with van der Waals surface area (Å²) in [7, 11) is 0. The lowest BCUT2D eigenvalue weighted by atomic mass is 10.1. The maximum Gasteiger partial charge on any atom is 0.333 e. The molecule has 0 spiro atoms. The second kappa shape index (κ2) is 6.84. The van der Waals surface area contributed by atoms with Crippen LogP contribution in [0.3, 0.4) is 0 Å². The molecule has 2 heterocycles. The van der Waals surface area contributed by atoms with E-state index < -0.39 is 6.55 Å². The van der Waals surface area contributed by atoms with Gasteiger partial charge in [-0.25, -0.2) is 9.67 Å². The van der Waals surface area contributed by atoms with Gasteiger partial charge in [0.1, 0.15) is 5.82 Å². The number of H-pyrrole nitrogens is 1. The lowest BCUT2D eigenvalue weighted by molar-refractivity contribution is -0.121. The molecule has 0 aliphatic heterocycles. The van der Waals surface area contributed by atoms with E-state index in [9.17, 15) is 13.6 Å². The molecule has 126 valence electrons. The number of halogens is 2. The third-order valence-electron chi connectivity index (χ3n) is 3.67. The number of aryl methyl sites for hydroxylation is 2. The zero-order chi connectivity index (χ0) is 17.1. The lowest BCUT2D eigenvalue weighted by Crippen LogP contribution is -2.30. The van der Waals surface area contributed by atoms with Gasteiger partial charge in [0.05, 0.1) is 18.2 Å². The molecule has 0 saturated carbocycles. The van der Waals surface area contributed by atoms with Crippen LogP contribution in [0.15, 0.2) is 0 Å². The molecule has 0 saturated heterocycles. The molecule has 1 atom stereocenters. The lowest BCUT2D eigenvalue weighted by Gasteiger charge is -2.13. The van der Waals surface area contributed by atoms with E-state index >= 15 is 0 Å². The fourth-order valence-electron chi connectivity index (χ4n) is 2.41. The third-order valence-corrected chi connectivity index (χ3v) is 3.67. The van der Waals surface area contributed by atoms with Crippen molar-refractivity contribution < 1.29 is 13.6 Å². The highest BCUT2D eigenvalue weighted by molar-refractivity contribution is 5.79. The Labute approximate surface area is 132 Å². The van der Waals surface area contributed by atoms with E-state index in [0.29, 0.717) is 39.7 Å². The van der Waals surface area contributed by atoms with Gasteiger partial charge in [0, 0.05) is 11.3 Å². The van der Waals surface area contributed by atoms with Crippen LogP contribution in [0.25, 0.3) is 0 Å². The van der Waals surface area contributed by atoms with Gasteiger partial charge >= 0.3 is 6.55 Å². The number of hydrogen-bond acceptors (Lipinski definition) is 4. The van der Waals surface area contributed by atoms with E-state index in [2.05, 4.69) is 25.6 Å². The molecule has 0 unspecified atom stereocenters. The zero-order valence-electron chi connectivity index (χ0n) is 13.5. The van der Waals surface area contributed by atoms with Crippen molar-refractivity contribution in [3.8, 4) is 0 Å². The van der Waals surface area contributed by atoms with Gasteiger partial charge in [0.25, 0.3) is 0 Å². The van der Waals surface area contributed by atoms with Gasteiger partial charge in [-0.05, 0) is 27.2 Å². The number of alkyl halides is 2. The summed E-state index contributed by atoms with van der Waals surface area (Å²) in [5, 5.41) is 13.4. The molecule has 0 aliphatic rings. The quantitative estimate of drug-likeness (QED) is 0.851. The van der Waals surface area contributed by atoms with Crippen LogP contribution in [-0.4, -0.2) is 30.9 Å². The molecule has 2 rings (SSSR count). The van der Waals surface area contributed by atoms with Gasteiger partial charge < -0.3 is 5.32 Å². The van der Waals surface area contributed by atoms with Crippen molar-refractivity contribution >= 4 is 5.91 Å². The molecule has 1 amide bonds. The molecular weight excluding hydrogens is 306 g/mol. The van der Waals surface area contributed by atoms with Crippen LogP contribution in [0, 0.1) is 20.8 Å². The van der Waals surface area contributed by atoms with E-state index in [0.717, 1.165) is 0 Å². The number of amides is 1. The van der Waals surface area contributed by atoms with Crippen molar-refractivity contribution in [2.75, 3.05) is 0 Å². The molecule has 2 N–H and O–H groups in total. The van der Waals surface area contributed by atoms with E-state index in [1.807, 2.05) is 6.92 Å². The summed E-state index contributed by atoms with van der Waals surface area (Å²) in [4.78, 5) is 16.5. The maximum atomic E-state index is 12.8. The minimum atomic E-state index is -2.72. The molecular formula is C14H20F2N6O. The number of nitrogens with one attached hydrogen (secondary N) is 2. The molecule has 0 bridgehead atoms. The van der Waals surface area contributed by atoms with Crippen molar-refractivity contribution in [1.82, 2.24) is 30.3 Å². The van der Waals surface area contributed by atoms with Crippen molar-refractivity contribution in [1.29, 1.82) is 0 Å². The highest BCUT2D eigenvalue weighted by atomic mass is 19.3. The first kappa shape index (κ1) is 17.0. The molecule has 23 heavy (non-hydrogen) atoms. The number of hydrogen-bond donors (Lipinski definition) is 2. The van der Waals surface area contributed by atoms with Crippen LogP contribution < -0.4 is 5.32 Å². The average molecular weight is 326 g/mol. The SMILES string of the molecule is CC[C@@H](NC(=O)Cc1c(C)nn(C(F)F)c1C)c1n[nH]c(C)n1. The molecule has 2 aromatic rings. The minimum Gasteiger partial charge on any atom is -0.346 e. The minimum absolute atomic E-state index is 0.00963. The summed E-state index contributed by atoms with van der Waals surface area (Å²) in [5.41, 5.74) is 1.25. The van der Waals surface area contributed by atoms with Gasteiger partial charge in [-0.3, -0.25) is 9.89 Å². The van der Waals surface area contributed by atoms with Gasteiger partial charge in [0.15, 0.2) is 5.82 Å². The number of carbonyl (C=O) groups excluding carboxylic acids is 1. The fourth-order valence-corrected chi connectivity index (χ4v) is 2.41. The van der Waals surface area contributed by atoms with Crippen molar-refractivity contribution in [2.45, 2.75) is 53.1 Å².